The summed E-state index contributed by atoms with van der Waals surface area (Å²) >= 11 is 0. The molecule has 1 atom stereocenters. The summed E-state index contributed by atoms with van der Waals surface area (Å²) in [6.45, 7) is 1.81. The topological polar surface area (TPSA) is 80.4 Å². The molecule has 1 aromatic carbocycles. The Balaban J connectivity index is 3.14. The first-order valence-electron chi connectivity index (χ1n) is 4.26. The van der Waals surface area contributed by atoms with Crippen molar-refractivity contribution in [2.24, 2.45) is 5.14 Å². The fraction of sp³-hybridized carbons (Fsp3) is 0.333. The van der Waals surface area contributed by atoms with E-state index in [-0.39, 0.29) is 4.90 Å². The van der Waals surface area contributed by atoms with Crippen LogP contribution in [0.5, 0.6) is 0 Å². The maximum atomic E-state index is 11.0. The molecule has 1 unspecified atom stereocenters. The van der Waals surface area contributed by atoms with E-state index in [9.17, 15) is 13.5 Å². The Morgan fingerprint density at radius 1 is 1.50 bits per heavy atom. The van der Waals surface area contributed by atoms with Crippen LogP contribution in [0.2, 0.25) is 0 Å². The van der Waals surface area contributed by atoms with Crippen LogP contribution < -0.4 is 5.14 Å². The highest BCUT2D eigenvalue weighted by atomic mass is 32.2. The molecule has 0 radical (unpaired) electrons. The van der Waals surface area contributed by atoms with E-state index < -0.39 is 16.1 Å². The van der Waals surface area contributed by atoms with E-state index >= 15 is 0 Å². The number of benzene rings is 1. The zero-order chi connectivity index (χ0) is 10.8. The molecule has 1 rings (SSSR count). The molecule has 78 valence electrons. The van der Waals surface area contributed by atoms with Gasteiger partial charge in [0.15, 0.2) is 0 Å². The molecule has 0 bridgehead atoms. The number of hydrogen-bond donors (Lipinski definition) is 2. The summed E-state index contributed by atoms with van der Waals surface area (Å²) in [6.07, 6.45) is -0.106. The van der Waals surface area contributed by atoms with Gasteiger partial charge in [0.05, 0.1) is 11.0 Å². The molecule has 0 spiro atoms. The lowest BCUT2D eigenvalue weighted by molar-refractivity contribution is 0.173. The fourth-order valence-corrected chi connectivity index (χ4v) is 1.70. The second-order valence-electron chi connectivity index (χ2n) is 3.04. The van der Waals surface area contributed by atoms with Crippen molar-refractivity contribution < 1.29 is 13.5 Å². The first-order chi connectivity index (χ1) is 6.45. The van der Waals surface area contributed by atoms with Gasteiger partial charge in [-0.3, -0.25) is 0 Å². The number of rotatable bonds is 3. The number of sulfonamides is 1. The first kappa shape index (κ1) is 11.2. The minimum Gasteiger partial charge on any atom is -0.388 e. The molecule has 0 aromatic heterocycles. The molecule has 0 amide bonds. The molecular weight excluding hydrogens is 202 g/mol. The predicted molar refractivity (Wildman–Crippen MR) is 53.1 cm³/mol. The molecular formula is C9H13NO3S. The quantitative estimate of drug-likeness (QED) is 0.781. The van der Waals surface area contributed by atoms with E-state index in [1.807, 2.05) is 6.92 Å². The van der Waals surface area contributed by atoms with Crippen LogP contribution in [0.15, 0.2) is 29.2 Å². The van der Waals surface area contributed by atoms with Crippen molar-refractivity contribution in [1.29, 1.82) is 0 Å². The average molecular weight is 215 g/mol. The zero-order valence-electron chi connectivity index (χ0n) is 7.84. The van der Waals surface area contributed by atoms with Gasteiger partial charge in [-0.1, -0.05) is 19.1 Å². The molecule has 0 aliphatic rings. The Hall–Kier alpha value is -0.910. The lowest BCUT2D eigenvalue weighted by atomic mass is 10.1. The van der Waals surface area contributed by atoms with Gasteiger partial charge in [0.25, 0.3) is 0 Å². The number of primary sulfonamides is 1. The number of aliphatic hydroxyl groups is 1. The summed E-state index contributed by atoms with van der Waals surface area (Å²) in [5.74, 6) is 0. The van der Waals surface area contributed by atoms with Gasteiger partial charge in [0.1, 0.15) is 0 Å². The highest BCUT2D eigenvalue weighted by molar-refractivity contribution is 7.89. The van der Waals surface area contributed by atoms with Gasteiger partial charge in [-0.05, 0) is 24.1 Å². The van der Waals surface area contributed by atoms with Crippen molar-refractivity contribution in [3.8, 4) is 0 Å². The van der Waals surface area contributed by atoms with Gasteiger partial charge in [0, 0.05) is 0 Å². The zero-order valence-corrected chi connectivity index (χ0v) is 8.66. The van der Waals surface area contributed by atoms with Crippen molar-refractivity contribution in [1.82, 2.24) is 0 Å². The predicted octanol–water partition coefficient (Wildman–Crippen LogP) is 0.777. The van der Waals surface area contributed by atoms with Gasteiger partial charge in [-0.2, -0.15) is 0 Å². The Morgan fingerprint density at radius 3 is 2.64 bits per heavy atom. The van der Waals surface area contributed by atoms with Crippen LogP contribution in [-0.2, 0) is 10.0 Å². The maximum Gasteiger partial charge on any atom is 0.238 e. The second kappa shape index (κ2) is 4.08. The third-order valence-electron chi connectivity index (χ3n) is 1.96. The number of nitrogens with two attached hydrogens (primary N) is 1. The largest absolute Gasteiger partial charge is 0.388 e. The fourth-order valence-electron chi connectivity index (χ4n) is 1.13. The van der Waals surface area contributed by atoms with E-state index in [0.29, 0.717) is 12.0 Å². The van der Waals surface area contributed by atoms with E-state index in [4.69, 9.17) is 5.14 Å². The van der Waals surface area contributed by atoms with E-state index in [0.717, 1.165) is 0 Å². The van der Waals surface area contributed by atoms with Crippen LogP contribution in [-0.4, -0.2) is 13.5 Å². The van der Waals surface area contributed by atoms with Crippen LogP contribution >= 0.6 is 0 Å². The number of aliphatic hydroxyl groups excluding tert-OH is 1. The minimum atomic E-state index is -3.68. The molecule has 0 saturated heterocycles. The highest BCUT2D eigenvalue weighted by Gasteiger charge is 2.10. The Bertz CT molecular complexity index is 414. The van der Waals surface area contributed by atoms with Gasteiger partial charge in [-0.15, -0.1) is 0 Å². The van der Waals surface area contributed by atoms with Crippen molar-refractivity contribution in [2.75, 3.05) is 0 Å². The summed E-state index contributed by atoms with van der Waals surface area (Å²) < 4.78 is 22.0. The van der Waals surface area contributed by atoms with Crippen molar-refractivity contribution in [3.05, 3.63) is 29.8 Å². The number of hydrogen-bond acceptors (Lipinski definition) is 3. The van der Waals surface area contributed by atoms with Crippen molar-refractivity contribution in [3.63, 3.8) is 0 Å². The molecule has 0 aliphatic heterocycles. The molecule has 1 aromatic rings. The third-order valence-corrected chi connectivity index (χ3v) is 2.87. The van der Waals surface area contributed by atoms with Crippen molar-refractivity contribution >= 4 is 10.0 Å². The van der Waals surface area contributed by atoms with Gasteiger partial charge < -0.3 is 5.11 Å². The Labute approximate surface area is 83.4 Å². The molecule has 0 fully saturated rings. The summed E-state index contributed by atoms with van der Waals surface area (Å²) in [4.78, 5) is 0.0301. The minimum absolute atomic E-state index is 0.0301. The monoisotopic (exact) mass is 215 g/mol. The third kappa shape index (κ3) is 2.54. The molecule has 14 heavy (non-hydrogen) atoms. The highest BCUT2D eigenvalue weighted by Crippen LogP contribution is 2.18. The molecule has 5 heteroatoms. The smallest absolute Gasteiger partial charge is 0.238 e. The van der Waals surface area contributed by atoms with E-state index in [2.05, 4.69) is 0 Å². The standard InChI is InChI=1S/C9H13NO3S/c1-2-9(11)7-4-3-5-8(6-7)14(10,12)13/h3-6,9,11H,2H2,1H3,(H2,10,12,13). The second-order valence-corrected chi connectivity index (χ2v) is 4.60. The molecule has 0 saturated carbocycles. The Kier molecular flexibility index (Phi) is 3.25. The van der Waals surface area contributed by atoms with Crippen LogP contribution in [0.4, 0.5) is 0 Å². The SMILES string of the molecule is CCC(O)c1cccc(S(N)(=O)=O)c1. The summed E-state index contributed by atoms with van der Waals surface area (Å²) in [7, 11) is -3.68. The van der Waals surface area contributed by atoms with Crippen LogP contribution in [0.25, 0.3) is 0 Å². The molecule has 4 nitrogen and oxygen atoms in total. The van der Waals surface area contributed by atoms with Crippen LogP contribution in [0, 0.1) is 0 Å². The summed E-state index contributed by atoms with van der Waals surface area (Å²) in [5.41, 5.74) is 0.569. The summed E-state index contributed by atoms with van der Waals surface area (Å²) in [6, 6.07) is 6.03. The average Bonchev–Trinajstić information content (AvgIpc) is 2.15. The molecule has 3 N–H and O–H groups in total. The molecule has 0 heterocycles. The normalized spacial score (nSPS) is 13.9. The summed E-state index contributed by atoms with van der Waals surface area (Å²) in [5, 5.41) is 14.4. The van der Waals surface area contributed by atoms with E-state index in [1.165, 1.54) is 12.1 Å². The van der Waals surface area contributed by atoms with E-state index in [1.54, 1.807) is 12.1 Å². The lowest BCUT2D eigenvalue weighted by Crippen LogP contribution is -2.12. The van der Waals surface area contributed by atoms with Gasteiger partial charge in [-0.25, -0.2) is 13.6 Å². The maximum absolute atomic E-state index is 11.0. The van der Waals surface area contributed by atoms with Crippen molar-refractivity contribution in [2.45, 2.75) is 24.3 Å². The van der Waals surface area contributed by atoms with Crippen LogP contribution in [0.1, 0.15) is 25.0 Å². The van der Waals surface area contributed by atoms with Gasteiger partial charge >= 0.3 is 0 Å². The Morgan fingerprint density at radius 2 is 2.14 bits per heavy atom. The first-order valence-corrected chi connectivity index (χ1v) is 5.80. The molecule has 0 aliphatic carbocycles. The van der Waals surface area contributed by atoms with Crippen LogP contribution in [0.3, 0.4) is 0 Å². The lowest BCUT2D eigenvalue weighted by Gasteiger charge is -2.08. The van der Waals surface area contributed by atoms with Gasteiger partial charge in [0.2, 0.25) is 10.0 Å².